The van der Waals surface area contributed by atoms with Crippen LogP contribution in [0.2, 0.25) is 0 Å². The van der Waals surface area contributed by atoms with Gasteiger partial charge in [-0.15, -0.1) is 0 Å². The topological polar surface area (TPSA) is 46.3 Å². The number of carbonyl (C=O) groups is 1. The highest BCUT2D eigenvalue weighted by atomic mass is 16.2. The van der Waals surface area contributed by atoms with Gasteiger partial charge in [0.1, 0.15) is 0 Å². The van der Waals surface area contributed by atoms with Crippen molar-refractivity contribution in [2.75, 3.05) is 13.6 Å². The fourth-order valence-electron chi connectivity index (χ4n) is 3.01. The Balaban J connectivity index is 1.71. The molecule has 0 spiro atoms. The van der Waals surface area contributed by atoms with Gasteiger partial charge in [-0.1, -0.05) is 13.8 Å². The first kappa shape index (κ1) is 12.9. The number of carbonyl (C=O) groups excluding carboxylic acids is 1. The summed E-state index contributed by atoms with van der Waals surface area (Å²) in [5.41, 5.74) is 6.01. The summed E-state index contributed by atoms with van der Waals surface area (Å²) in [4.78, 5) is 14.1. The predicted molar refractivity (Wildman–Crippen MR) is 69.4 cm³/mol. The Morgan fingerprint density at radius 3 is 2.41 bits per heavy atom. The third-order valence-electron chi connectivity index (χ3n) is 4.62. The molecule has 0 aliphatic heterocycles. The third kappa shape index (κ3) is 3.01. The van der Waals surface area contributed by atoms with Crippen LogP contribution in [0.15, 0.2) is 0 Å². The molecule has 2 aliphatic rings. The Bertz CT molecular complexity index is 280. The number of fused-ring (bicyclic) bond motifs is 1. The minimum absolute atomic E-state index is 0.210. The van der Waals surface area contributed by atoms with Crippen LogP contribution in [0.4, 0.5) is 0 Å². The number of hydrogen-bond acceptors (Lipinski definition) is 2. The molecule has 2 saturated carbocycles. The second-order valence-electron chi connectivity index (χ2n) is 6.38. The Morgan fingerprint density at radius 1 is 1.29 bits per heavy atom. The monoisotopic (exact) mass is 238 g/mol. The standard InChI is InChI=1S/C14H26N2O/c1-9(2)13(15)4-5-16(3)14(17)12-7-10-6-11(10)8-12/h9-13H,4-8,15H2,1-3H3. The summed E-state index contributed by atoms with van der Waals surface area (Å²) in [5, 5.41) is 0. The van der Waals surface area contributed by atoms with Gasteiger partial charge < -0.3 is 10.6 Å². The van der Waals surface area contributed by atoms with Crippen LogP contribution in [-0.4, -0.2) is 30.4 Å². The molecule has 0 heterocycles. The second-order valence-corrected chi connectivity index (χ2v) is 6.38. The minimum atomic E-state index is 0.210. The first-order valence-corrected chi connectivity index (χ1v) is 6.99. The number of hydrogen-bond donors (Lipinski definition) is 1. The van der Waals surface area contributed by atoms with Gasteiger partial charge in [-0.2, -0.15) is 0 Å². The fourth-order valence-corrected chi connectivity index (χ4v) is 3.01. The molecule has 2 N–H and O–H groups in total. The molecular weight excluding hydrogens is 212 g/mol. The molecule has 0 radical (unpaired) electrons. The van der Waals surface area contributed by atoms with Crippen molar-refractivity contribution in [3.8, 4) is 0 Å². The lowest BCUT2D eigenvalue weighted by Gasteiger charge is -2.24. The maximum Gasteiger partial charge on any atom is 0.225 e. The molecule has 3 unspecified atom stereocenters. The van der Waals surface area contributed by atoms with Gasteiger partial charge in [0.25, 0.3) is 0 Å². The number of amides is 1. The van der Waals surface area contributed by atoms with E-state index >= 15 is 0 Å². The molecule has 2 aliphatic carbocycles. The zero-order chi connectivity index (χ0) is 12.6. The van der Waals surface area contributed by atoms with Gasteiger partial charge in [0.15, 0.2) is 0 Å². The molecular formula is C14H26N2O. The molecule has 0 saturated heterocycles. The summed E-state index contributed by atoms with van der Waals surface area (Å²) in [6.45, 7) is 5.08. The molecule has 2 rings (SSSR count). The molecule has 0 aromatic heterocycles. The van der Waals surface area contributed by atoms with E-state index in [0.29, 0.717) is 17.7 Å². The van der Waals surface area contributed by atoms with Crippen molar-refractivity contribution in [3.05, 3.63) is 0 Å². The zero-order valence-electron chi connectivity index (χ0n) is 11.4. The minimum Gasteiger partial charge on any atom is -0.345 e. The van der Waals surface area contributed by atoms with Gasteiger partial charge >= 0.3 is 0 Å². The van der Waals surface area contributed by atoms with E-state index in [-0.39, 0.29) is 6.04 Å². The Kier molecular flexibility index (Phi) is 3.76. The summed E-state index contributed by atoms with van der Waals surface area (Å²) < 4.78 is 0. The fraction of sp³-hybridized carbons (Fsp3) is 0.929. The molecule has 1 amide bonds. The first-order chi connectivity index (χ1) is 7.99. The SMILES string of the molecule is CC(C)C(N)CCN(C)C(=O)C1CC2CC2C1. The van der Waals surface area contributed by atoms with E-state index < -0.39 is 0 Å². The zero-order valence-corrected chi connectivity index (χ0v) is 11.4. The summed E-state index contributed by atoms with van der Waals surface area (Å²) >= 11 is 0. The van der Waals surface area contributed by atoms with Crippen LogP contribution in [0.25, 0.3) is 0 Å². The molecule has 98 valence electrons. The van der Waals surface area contributed by atoms with E-state index in [2.05, 4.69) is 13.8 Å². The Morgan fingerprint density at radius 2 is 1.88 bits per heavy atom. The molecule has 17 heavy (non-hydrogen) atoms. The van der Waals surface area contributed by atoms with Crippen LogP contribution in [0.1, 0.15) is 39.5 Å². The molecule has 0 aromatic carbocycles. The predicted octanol–water partition coefficient (Wildman–Crippen LogP) is 1.86. The lowest BCUT2D eigenvalue weighted by molar-refractivity contribution is -0.134. The molecule has 3 heteroatoms. The molecule has 0 bridgehead atoms. The maximum atomic E-state index is 12.2. The van der Waals surface area contributed by atoms with Crippen molar-refractivity contribution in [2.45, 2.75) is 45.6 Å². The van der Waals surface area contributed by atoms with Gasteiger partial charge in [0.05, 0.1) is 0 Å². The third-order valence-corrected chi connectivity index (χ3v) is 4.62. The van der Waals surface area contributed by atoms with Gasteiger partial charge in [-0.25, -0.2) is 0 Å². The van der Waals surface area contributed by atoms with Gasteiger partial charge in [-0.3, -0.25) is 4.79 Å². The van der Waals surface area contributed by atoms with Crippen molar-refractivity contribution in [1.29, 1.82) is 0 Å². The normalized spacial score (nSPS) is 32.4. The highest BCUT2D eigenvalue weighted by Crippen LogP contribution is 2.54. The van der Waals surface area contributed by atoms with Crippen LogP contribution in [0.5, 0.6) is 0 Å². The number of nitrogens with two attached hydrogens (primary N) is 1. The maximum absolute atomic E-state index is 12.2. The summed E-state index contributed by atoms with van der Waals surface area (Å²) in [5.74, 6) is 2.94. The van der Waals surface area contributed by atoms with Gasteiger partial charge in [0.2, 0.25) is 5.91 Å². The van der Waals surface area contributed by atoms with Crippen molar-refractivity contribution < 1.29 is 4.79 Å². The van der Waals surface area contributed by atoms with E-state index in [1.54, 1.807) is 0 Å². The highest BCUT2D eigenvalue weighted by Gasteiger charge is 2.48. The summed E-state index contributed by atoms with van der Waals surface area (Å²) in [7, 11) is 1.93. The van der Waals surface area contributed by atoms with E-state index in [0.717, 1.165) is 37.6 Å². The van der Waals surface area contributed by atoms with E-state index in [1.165, 1.54) is 6.42 Å². The van der Waals surface area contributed by atoms with E-state index in [1.807, 2.05) is 11.9 Å². The van der Waals surface area contributed by atoms with Crippen LogP contribution < -0.4 is 5.73 Å². The van der Waals surface area contributed by atoms with Crippen LogP contribution in [0, 0.1) is 23.7 Å². The summed E-state index contributed by atoms with van der Waals surface area (Å²) in [6.07, 6.45) is 4.58. The molecule has 3 nitrogen and oxygen atoms in total. The van der Waals surface area contributed by atoms with Gasteiger partial charge in [-0.05, 0) is 43.4 Å². The van der Waals surface area contributed by atoms with Crippen molar-refractivity contribution in [1.82, 2.24) is 4.90 Å². The average Bonchev–Trinajstić information content (AvgIpc) is 2.91. The van der Waals surface area contributed by atoms with Crippen molar-refractivity contribution in [3.63, 3.8) is 0 Å². The average molecular weight is 238 g/mol. The lowest BCUT2D eigenvalue weighted by atomic mass is 10.00. The van der Waals surface area contributed by atoms with Crippen LogP contribution >= 0.6 is 0 Å². The number of rotatable bonds is 5. The Labute approximate surface area is 105 Å². The van der Waals surface area contributed by atoms with Crippen LogP contribution in [0.3, 0.4) is 0 Å². The molecule has 2 fully saturated rings. The van der Waals surface area contributed by atoms with Crippen molar-refractivity contribution >= 4 is 5.91 Å². The lowest BCUT2D eigenvalue weighted by Crippen LogP contribution is -2.37. The number of nitrogens with zero attached hydrogens (tertiary/aromatic N) is 1. The quantitative estimate of drug-likeness (QED) is 0.794. The second kappa shape index (κ2) is 4.97. The highest BCUT2D eigenvalue weighted by molar-refractivity contribution is 5.79. The smallest absolute Gasteiger partial charge is 0.225 e. The van der Waals surface area contributed by atoms with E-state index in [9.17, 15) is 4.79 Å². The van der Waals surface area contributed by atoms with Gasteiger partial charge in [0, 0.05) is 25.6 Å². The van der Waals surface area contributed by atoms with Crippen molar-refractivity contribution in [2.24, 2.45) is 29.4 Å². The first-order valence-electron chi connectivity index (χ1n) is 6.99. The van der Waals surface area contributed by atoms with E-state index in [4.69, 9.17) is 5.73 Å². The largest absolute Gasteiger partial charge is 0.345 e. The summed E-state index contributed by atoms with van der Waals surface area (Å²) in [6, 6.07) is 0.210. The molecule has 0 aromatic rings. The van der Waals surface area contributed by atoms with Crippen LogP contribution in [-0.2, 0) is 4.79 Å². The molecule has 3 atom stereocenters. The Hall–Kier alpha value is -0.570.